The van der Waals surface area contributed by atoms with E-state index in [2.05, 4.69) is 31.3 Å². The van der Waals surface area contributed by atoms with Crippen molar-refractivity contribution in [2.75, 3.05) is 13.2 Å². The third-order valence-electron chi connectivity index (χ3n) is 14.8. The molecule has 1 amide bonds. The maximum Gasteiger partial charge on any atom is 0.305 e. The molecule has 0 aromatic rings. The number of esters is 1. The van der Waals surface area contributed by atoms with Crippen LogP contribution < -0.4 is 5.32 Å². The summed E-state index contributed by atoms with van der Waals surface area (Å²) < 4.78 is 5.47. The Kier molecular flexibility index (Phi) is 58.0. The molecule has 0 spiro atoms. The van der Waals surface area contributed by atoms with Crippen molar-refractivity contribution in [3.63, 3.8) is 0 Å². The summed E-state index contributed by atoms with van der Waals surface area (Å²) in [5.41, 5.74) is 0. The van der Waals surface area contributed by atoms with Crippen molar-refractivity contribution in [3.8, 4) is 0 Å². The smallest absolute Gasteiger partial charge is 0.305 e. The Morgan fingerprint density at radius 3 is 1.03 bits per heavy atom. The van der Waals surface area contributed by atoms with E-state index in [1.54, 1.807) is 0 Å². The Bertz CT molecular complexity index is 1030. The summed E-state index contributed by atoms with van der Waals surface area (Å²) in [6, 6.07) is -0.548. The van der Waals surface area contributed by atoms with Crippen LogP contribution in [0.4, 0.5) is 0 Å². The van der Waals surface area contributed by atoms with E-state index in [4.69, 9.17) is 4.74 Å². The second-order valence-electron chi connectivity index (χ2n) is 21.7. The number of carbonyl (C=O) groups excluding carboxylic acids is 2. The van der Waals surface area contributed by atoms with Gasteiger partial charge in [0.15, 0.2) is 0 Å². The molecule has 0 aromatic carbocycles. The second kappa shape index (κ2) is 59.2. The number of aliphatic hydroxyl groups excluding tert-OH is 2. The summed E-state index contributed by atoms with van der Waals surface area (Å²) in [5.74, 6) is -0.0320. The van der Waals surface area contributed by atoms with E-state index >= 15 is 0 Å². The second-order valence-corrected chi connectivity index (χ2v) is 21.7. The highest BCUT2D eigenvalue weighted by Crippen LogP contribution is 2.18. The lowest BCUT2D eigenvalue weighted by molar-refractivity contribution is -0.143. The number of rotatable bonds is 59. The van der Waals surface area contributed by atoms with Gasteiger partial charge in [0.1, 0.15) is 0 Å². The number of aliphatic hydroxyl groups is 2. The van der Waals surface area contributed by atoms with E-state index < -0.39 is 12.1 Å². The van der Waals surface area contributed by atoms with Crippen LogP contribution in [0.1, 0.15) is 354 Å². The van der Waals surface area contributed by atoms with Gasteiger partial charge in [-0.15, -0.1) is 0 Å². The quantitative estimate of drug-likeness (QED) is 0.0321. The average molecular weight is 975 g/mol. The summed E-state index contributed by atoms with van der Waals surface area (Å²) in [6.45, 7) is 4.97. The summed E-state index contributed by atoms with van der Waals surface area (Å²) in [7, 11) is 0. The van der Waals surface area contributed by atoms with E-state index in [-0.39, 0.29) is 18.5 Å². The zero-order valence-corrected chi connectivity index (χ0v) is 46.8. The number of ether oxygens (including phenoxy) is 1. The van der Waals surface area contributed by atoms with Crippen LogP contribution in [0.15, 0.2) is 12.2 Å². The topological polar surface area (TPSA) is 95.9 Å². The lowest BCUT2D eigenvalue weighted by atomic mass is 10.0. The van der Waals surface area contributed by atoms with Crippen LogP contribution in [0.25, 0.3) is 0 Å². The molecule has 0 saturated carbocycles. The van der Waals surface area contributed by atoms with Crippen molar-refractivity contribution < 1.29 is 24.5 Å². The molecular formula is C63H123NO5. The number of amides is 1. The fourth-order valence-corrected chi connectivity index (χ4v) is 9.99. The van der Waals surface area contributed by atoms with Crippen molar-refractivity contribution in [1.29, 1.82) is 0 Å². The standard InChI is InChI=1S/C63H123NO5/c1-3-5-7-9-11-13-15-17-18-19-20-23-26-29-32-35-39-43-47-51-55-61(66)60(59-65)64-62(67)56-52-48-44-40-36-33-30-27-24-21-22-25-28-31-34-38-42-46-50-54-58-69-63(68)57-53-49-45-41-37-16-14-12-10-8-6-4-2/h21,24,60-61,65-66H,3-20,22-23,25-59H2,1-2H3,(H,64,67)/b24-21-. The van der Waals surface area contributed by atoms with Gasteiger partial charge in [0.25, 0.3) is 0 Å². The molecular weight excluding hydrogens is 851 g/mol. The minimum absolute atomic E-state index is 0.00778. The molecule has 0 aliphatic rings. The molecule has 2 atom stereocenters. The molecule has 0 aromatic heterocycles. The van der Waals surface area contributed by atoms with Crippen LogP contribution in [0.2, 0.25) is 0 Å². The number of allylic oxidation sites excluding steroid dienone is 2. The molecule has 0 aliphatic heterocycles. The summed E-state index contributed by atoms with van der Waals surface area (Å²) in [4.78, 5) is 24.5. The monoisotopic (exact) mass is 974 g/mol. The fraction of sp³-hybridized carbons (Fsp3) is 0.937. The Balaban J connectivity index is 3.43. The van der Waals surface area contributed by atoms with Crippen LogP contribution in [-0.4, -0.2) is 47.4 Å². The molecule has 0 saturated heterocycles. The summed E-state index contributed by atoms with van der Waals surface area (Å²) >= 11 is 0. The first-order valence-corrected chi connectivity index (χ1v) is 31.4. The summed E-state index contributed by atoms with van der Waals surface area (Å²) in [6.07, 6.45) is 70.8. The van der Waals surface area contributed by atoms with E-state index in [0.717, 1.165) is 38.5 Å². The Morgan fingerprint density at radius 2 is 0.681 bits per heavy atom. The highest BCUT2D eigenvalue weighted by molar-refractivity contribution is 5.76. The molecule has 0 heterocycles. The molecule has 0 bridgehead atoms. The van der Waals surface area contributed by atoms with Gasteiger partial charge in [0.2, 0.25) is 5.91 Å². The van der Waals surface area contributed by atoms with Crippen molar-refractivity contribution in [3.05, 3.63) is 12.2 Å². The van der Waals surface area contributed by atoms with Crippen LogP contribution >= 0.6 is 0 Å². The SMILES string of the molecule is CCCCCCCCCCCCCCCCCCCCCCC(O)C(CO)NC(=O)CCCCCCCCC/C=C\CCCCCCCCCCCOC(=O)CCCCCCCCCCCCCC. The van der Waals surface area contributed by atoms with Crippen LogP contribution in [0.3, 0.4) is 0 Å². The molecule has 0 fully saturated rings. The van der Waals surface area contributed by atoms with Gasteiger partial charge in [-0.3, -0.25) is 9.59 Å². The van der Waals surface area contributed by atoms with Gasteiger partial charge in [-0.1, -0.05) is 302 Å². The van der Waals surface area contributed by atoms with Gasteiger partial charge >= 0.3 is 5.97 Å². The van der Waals surface area contributed by atoms with Gasteiger partial charge in [-0.2, -0.15) is 0 Å². The first-order valence-electron chi connectivity index (χ1n) is 31.4. The lowest BCUT2D eigenvalue weighted by Crippen LogP contribution is -2.45. The number of hydrogen-bond donors (Lipinski definition) is 3. The Morgan fingerprint density at radius 1 is 0.391 bits per heavy atom. The van der Waals surface area contributed by atoms with Crippen molar-refractivity contribution >= 4 is 11.9 Å². The van der Waals surface area contributed by atoms with Crippen LogP contribution in [-0.2, 0) is 14.3 Å². The number of hydrogen-bond acceptors (Lipinski definition) is 5. The first-order chi connectivity index (χ1) is 34.0. The predicted molar refractivity (Wildman–Crippen MR) is 301 cm³/mol. The highest BCUT2D eigenvalue weighted by Gasteiger charge is 2.20. The summed E-state index contributed by atoms with van der Waals surface area (Å²) in [5, 5.41) is 23.4. The highest BCUT2D eigenvalue weighted by atomic mass is 16.5. The van der Waals surface area contributed by atoms with Crippen molar-refractivity contribution in [1.82, 2.24) is 5.32 Å². The molecule has 0 radical (unpaired) electrons. The van der Waals surface area contributed by atoms with Crippen LogP contribution in [0.5, 0.6) is 0 Å². The van der Waals surface area contributed by atoms with Gasteiger partial charge in [0, 0.05) is 12.8 Å². The lowest BCUT2D eigenvalue weighted by Gasteiger charge is -2.22. The number of carbonyl (C=O) groups is 2. The van der Waals surface area contributed by atoms with E-state index in [9.17, 15) is 19.8 Å². The Labute approximate surface area is 431 Å². The number of nitrogens with one attached hydrogen (secondary N) is 1. The maximum absolute atomic E-state index is 12.5. The van der Waals surface area contributed by atoms with Gasteiger partial charge in [-0.25, -0.2) is 0 Å². The molecule has 69 heavy (non-hydrogen) atoms. The van der Waals surface area contributed by atoms with Crippen molar-refractivity contribution in [2.24, 2.45) is 0 Å². The third kappa shape index (κ3) is 55.8. The number of unbranched alkanes of at least 4 members (excludes halogenated alkanes) is 46. The van der Waals surface area contributed by atoms with Crippen LogP contribution in [0, 0.1) is 0 Å². The van der Waals surface area contributed by atoms with E-state index in [0.29, 0.717) is 25.9 Å². The molecule has 0 rings (SSSR count). The average Bonchev–Trinajstić information content (AvgIpc) is 3.35. The normalized spacial score (nSPS) is 12.6. The first kappa shape index (κ1) is 67.6. The molecule has 6 heteroatoms. The van der Waals surface area contributed by atoms with E-state index in [1.165, 1.54) is 283 Å². The zero-order chi connectivity index (χ0) is 50.0. The third-order valence-corrected chi connectivity index (χ3v) is 14.8. The minimum atomic E-state index is -0.670. The Hall–Kier alpha value is -1.40. The molecule has 0 aliphatic carbocycles. The molecule has 6 nitrogen and oxygen atoms in total. The van der Waals surface area contributed by atoms with E-state index in [1.807, 2.05) is 0 Å². The van der Waals surface area contributed by atoms with Gasteiger partial charge in [0.05, 0.1) is 25.4 Å². The van der Waals surface area contributed by atoms with Crippen molar-refractivity contribution in [2.45, 2.75) is 366 Å². The predicted octanol–water partition coefficient (Wildman–Crippen LogP) is 19.6. The largest absolute Gasteiger partial charge is 0.466 e. The molecule has 410 valence electrons. The minimum Gasteiger partial charge on any atom is -0.466 e. The molecule has 3 N–H and O–H groups in total. The fourth-order valence-electron chi connectivity index (χ4n) is 9.99. The van der Waals surface area contributed by atoms with Gasteiger partial charge < -0.3 is 20.3 Å². The molecule has 2 unspecified atom stereocenters. The maximum atomic E-state index is 12.5. The van der Waals surface area contributed by atoms with Gasteiger partial charge in [-0.05, 0) is 51.4 Å². The zero-order valence-electron chi connectivity index (χ0n) is 46.8.